The van der Waals surface area contributed by atoms with Gasteiger partial charge in [-0.15, -0.1) is 0 Å². The van der Waals surface area contributed by atoms with Crippen LogP contribution in [0.1, 0.15) is 22.8 Å². The highest BCUT2D eigenvalue weighted by molar-refractivity contribution is 7.90. The van der Waals surface area contributed by atoms with Gasteiger partial charge in [-0.2, -0.15) is 0 Å². The van der Waals surface area contributed by atoms with Crippen LogP contribution in [0.5, 0.6) is 5.88 Å². The molecule has 2 rings (SSSR count). The Kier molecular flexibility index (Phi) is 6.83. The van der Waals surface area contributed by atoms with Gasteiger partial charge in [0.15, 0.2) is 0 Å². The average Bonchev–Trinajstić information content (AvgIpc) is 2.61. The lowest BCUT2D eigenvalue weighted by molar-refractivity contribution is 0.0981. The molecule has 10 heteroatoms. The third-order valence-corrected chi connectivity index (χ3v) is 4.51. The van der Waals surface area contributed by atoms with Crippen molar-refractivity contribution in [3.8, 4) is 5.88 Å². The first-order chi connectivity index (χ1) is 12.8. The monoisotopic (exact) mass is 396 g/mol. The van der Waals surface area contributed by atoms with Gasteiger partial charge in [-0.25, -0.2) is 27.3 Å². The maximum absolute atomic E-state index is 12.8. The number of pyridine rings is 1. The summed E-state index contributed by atoms with van der Waals surface area (Å²) < 4.78 is 48.1. The van der Waals surface area contributed by atoms with Gasteiger partial charge in [0.2, 0.25) is 15.9 Å². The van der Waals surface area contributed by atoms with E-state index in [2.05, 4.69) is 9.72 Å². The highest BCUT2D eigenvalue weighted by Gasteiger charge is 2.17. The molecule has 1 N–H and O–H groups in total. The highest BCUT2D eigenvalue weighted by atomic mass is 32.2. The summed E-state index contributed by atoms with van der Waals surface area (Å²) in [5.74, 6) is -1.73. The molecule has 144 valence electrons. The molecule has 8 nitrogen and oxygen atoms in total. The Hall–Kier alpha value is -3.01. The molecule has 27 heavy (non-hydrogen) atoms. The molecule has 1 heterocycles. The number of amides is 1. The van der Waals surface area contributed by atoms with Gasteiger partial charge in [-0.1, -0.05) is 12.1 Å². The van der Waals surface area contributed by atoms with Gasteiger partial charge < -0.3 is 9.47 Å². The quantitative estimate of drug-likeness (QED) is 0.713. The molecule has 0 atom stereocenters. The summed E-state index contributed by atoms with van der Waals surface area (Å²) in [4.78, 5) is 26.9. The lowest BCUT2D eigenvalue weighted by Gasteiger charge is -2.08. The molecule has 0 saturated heterocycles. The van der Waals surface area contributed by atoms with Crippen LogP contribution in [-0.4, -0.2) is 37.8 Å². The fourth-order valence-electron chi connectivity index (χ4n) is 1.96. The lowest BCUT2D eigenvalue weighted by atomic mass is 10.2. The van der Waals surface area contributed by atoms with E-state index in [1.807, 2.05) is 4.72 Å². The van der Waals surface area contributed by atoms with Crippen LogP contribution in [0.25, 0.3) is 0 Å². The molecule has 0 aliphatic carbocycles. The normalized spacial score (nSPS) is 10.9. The Morgan fingerprint density at radius 1 is 1.15 bits per heavy atom. The highest BCUT2D eigenvalue weighted by Crippen LogP contribution is 2.09. The third-order valence-electron chi connectivity index (χ3n) is 3.27. The van der Waals surface area contributed by atoms with E-state index in [1.165, 1.54) is 36.4 Å². The average molecular weight is 396 g/mol. The SMILES string of the molecule is CCOC(=O)Oc1ccc(C(=O)NS(=O)(=O)CCc2ccc(F)cc2)cn1. The van der Waals surface area contributed by atoms with Crippen molar-refractivity contribution < 1.29 is 31.9 Å². The number of ether oxygens (including phenoxy) is 2. The van der Waals surface area contributed by atoms with Crippen LogP contribution in [0.4, 0.5) is 9.18 Å². The van der Waals surface area contributed by atoms with E-state index in [0.717, 1.165) is 6.20 Å². The Labute approximate surface area is 155 Å². The summed E-state index contributed by atoms with van der Waals surface area (Å²) >= 11 is 0. The number of carbonyl (C=O) groups excluding carboxylic acids is 2. The fourth-order valence-corrected chi connectivity index (χ4v) is 2.97. The second kappa shape index (κ2) is 9.08. The van der Waals surface area contributed by atoms with E-state index < -0.39 is 27.9 Å². The largest absolute Gasteiger partial charge is 0.515 e. The number of benzene rings is 1. The number of aryl methyl sites for hydroxylation is 1. The Bertz CT molecular complexity index is 898. The van der Waals surface area contributed by atoms with E-state index in [4.69, 9.17) is 4.74 Å². The van der Waals surface area contributed by atoms with Crippen LogP contribution in [0.3, 0.4) is 0 Å². The minimum absolute atomic E-state index is 0.0310. The molecule has 0 unspecified atom stereocenters. The molecule has 0 bridgehead atoms. The van der Waals surface area contributed by atoms with Crippen LogP contribution >= 0.6 is 0 Å². The summed E-state index contributed by atoms with van der Waals surface area (Å²) in [5.41, 5.74) is 0.591. The van der Waals surface area contributed by atoms with Crippen molar-refractivity contribution >= 4 is 22.1 Å². The number of sulfonamides is 1. The first-order valence-electron chi connectivity index (χ1n) is 7.89. The van der Waals surface area contributed by atoms with Gasteiger partial charge >= 0.3 is 6.16 Å². The smallest absolute Gasteiger partial charge is 0.434 e. The Morgan fingerprint density at radius 3 is 2.44 bits per heavy atom. The van der Waals surface area contributed by atoms with Crippen LogP contribution < -0.4 is 9.46 Å². The van der Waals surface area contributed by atoms with Gasteiger partial charge in [0.05, 0.1) is 17.9 Å². The summed E-state index contributed by atoms with van der Waals surface area (Å²) in [6, 6.07) is 7.89. The van der Waals surface area contributed by atoms with Gasteiger partial charge in [-0.05, 0) is 37.1 Å². The number of carbonyl (C=O) groups is 2. The van der Waals surface area contributed by atoms with Gasteiger partial charge in [0.1, 0.15) is 5.82 Å². The summed E-state index contributed by atoms with van der Waals surface area (Å²) in [6.45, 7) is 1.74. The number of halogens is 1. The number of rotatable bonds is 7. The van der Waals surface area contributed by atoms with Crippen molar-refractivity contribution in [2.24, 2.45) is 0 Å². The summed E-state index contributed by atoms with van der Waals surface area (Å²) in [6.07, 6.45) is 0.248. The number of nitrogens with zero attached hydrogens (tertiary/aromatic N) is 1. The number of hydrogen-bond donors (Lipinski definition) is 1. The number of aromatic nitrogens is 1. The molecule has 2 aromatic rings. The van der Waals surface area contributed by atoms with Crippen molar-refractivity contribution in [1.29, 1.82) is 0 Å². The third kappa shape index (κ3) is 6.66. The first-order valence-corrected chi connectivity index (χ1v) is 9.54. The van der Waals surface area contributed by atoms with Crippen LogP contribution in [0.15, 0.2) is 42.6 Å². The predicted octanol–water partition coefficient (Wildman–Crippen LogP) is 2.06. The molecule has 0 radical (unpaired) electrons. The van der Waals surface area contributed by atoms with E-state index in [-0.39, 0.29) is 30.2 Å². The fraction of sp³-hybridized carbons (Fsp3) is 0.235. The molecular formula is C17H17FN2O6S. The van der Waals surface area contributed by atoms with Gasteiger partial charge in [0, 0.05) is 12.3 Å². The molecule has 0 spiro atoms. The predicted molar refractivity (Wildman–Crippen MR) is 93.2 cm³/mol. The van der Waals surface area contributed by atoms with Gasteiger partial charge in [0.25, 0.3) is 5.91 Å². The second-order valence-electron chi connectivity index (χ2n) is 5.30. The maximum atomic E-state index is 12.8. The molecule has 1 amide bonds. The molecule has 0 saturated carbocycles. The minimum atomic E-state index is -3.90. The molecule has 0 aliphatic rings. The first kappa shape index (κ1) is 20.3. The van der Waals surface area contributed by atoms with Crippen LogP contribution in [0, 0.1) is 5.82 Å². The standard InChI is InChI=1S/C17H17FN2O6S/c1-2-25-17(22)26-15-8-5-13(11-19-15)16(21)20-27(23,24)10-9-12-3-6-14(18)7-4-12/h3-8,11H,2,9-10H2,1H3,(H,20,21). The Morgan fingerprint density at radius 2 is 1.85 bits per heavy atom. The van der Waals surface area contributed by atoms with Crippen molar-refractivity contribution in [3.63, 3.8) is 0 Å². The number of hydrogen-bond acceptors (Lipinski definition) is 7. The van der Waals surface area contributed by atoms with E-state index in [9.17, 15) is 22.4 Å². The van der Waals surface area contributed by atoms with Crippen molar-refractivity contribution in [3.05, 3.63) is 59.5 Å². The zero-order valence-corrected chi connectivity index (χ0v) is 15.2. The molecule has 1 aromatic heterocycles. The van der Waals surface area contributed by atoms with Crippen molar-refractivity contribution in [2.45, 2.75) is 13.3 Å². The topological polar surface area (TPSA) is 112 Å². The Balaban J connectivity index is 1.92. The van der Waals surface area contributed by atoms with Crippen molar-refractivity contribution in [1.82, 2.24) is 9.71 Å². The summed E-state index contributed by atoms with van der Waals surface area (Å²) in [7, 11) is -3.90. The molecule has 0 fully saturated rings. The number of nitrogens with one attached hydrogen (secondary N) is 1. The lowest BCUT2D eigenvalue weighted by Crippen LogP contribution is -2.33. The minimum Gasteiger partial charge on any atom is -0.434 e. The van der Waals surface area contributed by atoms with Gasteiger partial charge in [-0.3, -0.25) is 4.79 Å². The van der Waals surface area contributed by atoms with Crippen molar-refractivity contribution in [2.75, 3.05) is 12.4 Å². The molecular weight excluding hydrogens is 379 g/mol. The van der Waals surface area contributed by atoms with E-state index in [1.54, 1.807) is 6.92 Å². The zero-order chi connectivity index (χ0) is 19.9. The van der Waals surface area contributed by atoms with E-state index in [0.29, 0.717) is 5.56 Å². The molecule has 0 aliphatic heterocycles. The molecule has 1 aromatic carbocycles. The van der Waals surface area contributed by atoms with Crippen LogP contribution in [-0.2, 0) is 21.2 Å². The zero-order valence-electron chi connectivity index (χ0n) is 14.3. The maximum Gasteiger partial charge on any atom is 0.515 e. The van der Waals surface area contributed by atoms with Crippen LogP contribution in [0.2, 0.25) is 0 Å². The summed E-state index contributed by atoms with van der Waals surface area (Å²) in [5, 5.41) is 0. The second-order valence-corrected chi connectivity index (χ2v) is 7.14. The van der Waals surface area contributed by atoms with E-state index >= 15 is 0 Å².